The van der Waals surface area contributed by atoms with Gasteiger partial charge in [0.15, 0.2) is 0 Å². The van der Waals surface area contributed by atoms with E-state index in [-0.39, 0.29) is 17.9 Å². The summed E-state index contributed by atoms with van der Waals surface area (Å²) in [6.07, 6.45) is 2.79. The first-order valence-electron chi connectivity index (χ1n) is 4.34. The second kappa shape index (κ2) is 5.97. The topological polar surface area (TPSA) is 81.1 Å². The molecule has 0 aliphatic heterocycles. The van der Waals surface area contributed by atoms with Crippen LogP contribution in [-0.4, -0.2) is 11.9 Å². The highest BCUT2D eigenvalue weighted by Gasteiger charge is 2.10. The first-order chi connectivity index (χ1) is 5.57. The summed E-state index contributed by atoms with van der Waals surface area (Å²) in [7, 11) is 0. The van der Waals surface area contributed by atoms with Gasteiger partial charge in [0.1, 0.15) is 0 Å². The maximum Gasteiger partial charge on any atom is 0.236 e. The minimum absolute atomic E-state index is 0.00579. The van der Waals surface area contributed by atoms with Gasteiger partial charge < -0.3 is 5.73 Å². The number of nitrogens with one attached hydrogen (secondary N) is 1. The number of rotatable bonds is 5. The van der Waals surface area contributed by atoms with E-state index in [1.54, 1.807) is 0 Å². The van der Waals surface area contributed by atoms with Crippen molar-refractivity contribution >= 4 is 5.91 Å². The van der Waals surface area contributed by atoms with Gasteiger partial charge in [0.25, 0.3) is 0 Å². The Morgan fingerprint density at radius 3 is 2.42 bits per heavy atom. The van der Waals surface area contributed by atoms with Crippen LogP contribution in [-0.2, 0) is 4.79 Å². The summed E-state index contributed by atoms with van der Waals surface area (Å²) in [5.41, 5.74) is 7.69. The average Bonchev–Trinajstić information content (AvgIpc) is 2.02. The molecule has 0 bridgehead atoms. The molecular weight excluding hydrogens is 154 g/mol. The third-order valence-electron chi connectivity index (χ3n) is 1.89. The van der Waals surface area contributed by atoms with Gasteiger partial charge in [-0.05, 0) is 19.8 Å². The van der Waals surface area contributed by atoms with E-state index in [4.69, 9.17) is 11.6 Å². The van der Waals surface area contributed by atoms with Crippen molar-refractivity contribution in [1.29, 1.82) is 0 Å². The standard InChI is InChI=1S/C8H19N3O/c1-6(8(12)11-10)4-3-5-7(2)9/h6-7H,3-5,9-10H2,1-2H3,(H,11,12). The lowest BCUT2D eigenvalue weighted by Crippen LogP contribution is -2.34. The summed E-state index contributed by atoms with van der Waals surface area (Å²) < 4.78 is 0. The fourth-order valence-electron chi connectivity index (χ4n) is 1.02. The fourth-order valence-corrected chi connectivity index (χ4v) is 1.02. The lowest BCUT2D eigenvalue weighted by molar-refractivity contribution is -0.124. The number of hydrogen-bond acceptors (Lipinski definition) is 3. The van der Waals surface area contributed by atoms with Crippen LogP contribution in [0.4, 0.5) is 0 Å². The van der Waals surface area contributed by atoms with Crippen molar-refractivity contribution in [2.75, 3.05) is 0 Å². The van der Waals surface area contributed by atoms with E-state index in [1.165, 1.54) is 0 Å². The molecule has 12 heavy (non-hydrogen) atoms. The number of amides is 1. The van der Waals surface area contributed by atoms with Crippen LogP contribution in [0.5, 0.6) is 0 Å². The van der Waals surface area contributed by atoms with Crippen LogP contribution in [0.15, 0.2) is 0 Å². The zero-order chi connectivity index (χ0) is 9.56. The molecule has 0 aromatic carbocycles. The van der Waals surface area contributed by atoms with Crippen LogP contribution in [0.1, 0.15) is 33.1 Å². The highest BCUT2D eigenvalue weighted by Crippen LogP contribution is 2.08. The van der Waals surface area contributed by atoms with Gasteiger partial charge >= 0.3 is 0 Å². The Morgan fingerprint density at radius 1 is 1.42 bits per heavy atom. The summed E-state index contributed by atoms with van der Waals surface area (Å²) >= 11 is 0. The Labute approximate surface area is 73.7 Å². The Kier molecular flexibility index (Phi) is 5.66. The van der Waals surface area contributed by atoms with E-state index in [1.807, 2.05) is 13.8 Å². The second-order valence-electron chi connectivity index (χ2n) is 3.32. The van der Waals surface area contributed by atoms with Gasteiger partial charge in [0, 0.05) is 12.0 Å². The Balaban J connectivity index is 3.43. The molecule has 4 heteroatoms. The minimum Gasteiger partial charge on any atom is -0.328 e. The van der Waals surface area contributed by atoms with E-state index >= 15 is 0 Å². The molecular formula is C8H19N3O. The summed E-state index contributed by atoms with van der Waals surface area (Å²) in [4.78, 5) is 10.9. The highest BCUT2D eigenvalue weighted by molar-refractivity contribution is 5.77. The van der Waals surface area contributed by atoms with E-state index in [0.29, 0.717) is 0 Å². The quantitative estimate of drug-likeness (QED) is 0.314. The zero-order valence-electron chi connectivity index (χ0n) is 7.84. The molecule has 1 amide bonds. The van der Waals surface area contributed by atoms with Gasteiger partial charge in [-0.3, -0.25) is 10.2 Å². The third-order valence-corrected chi connectivity index (χ3v) is 1.89. The number of nitrogens with two attached hydrogens (primary N) is 2. The van der Waals surface area contributed by atoms with Crippen molar-refractivity contribution < 1.29 is 4.79 Å². The maximum absolute atomic E-state index is 10.9. The maximum atomic E-state index is 10.9. The molecule has 0 aromatic rings. The molecule has 0 aromatic heterocycles. The van der Waals surface area contributed by atoms with Crippen LogP contribution in [0, 0.1) is 5.92 Å². The molecule has 0 aliphatic rings. The SMILES string of the molecule is CC(N)CCCC(C)C(=O)NN. The van der Waals surface area contributed by atoms with Crippen LogP contribution in [0.3, 0.4) is 0 Å². The molecule has 0 fully saturated rings. The van der Waals surface area contributed by atoms with Gasteiger partial charge in [0.05, 0.1) is 0 Å². The predicted molar refractivity (Wildman–Crippen MR) is 49.0 cm³/mol. The van der Waals surface area contributed by atoms with Crippen molar-refractivity contribution in [3.8, 4) is 0 Å². The van der Waals surface area contributed by atoms with E-state index in [2.05, 4.69) is 5.43 Å². The number of carbonyl (C=O) groups excluding carboxylic acids is 1. The largest absolute Gasteiger partial charge is 0.328 e. The van der Waals surface area contributed by atoms with Crippen molar-refractivity contribution in [2.45, 2.75) is 39.2 Å². The van der Waals surface area contributed by atoms with E-state index < -0.39 is 0 Å². The monoisotopic (exact) mass is 173 g/mol. The summed E-state index contributed by atoms with van der Waals surface area (Å²) in [6, 6.07) is 0.220. The summed E-state index contributed by atoms with van der Waals surface area (Å²) in [5.74, 6) is 4.88. The number of hydrogen-bond donors (Lipinski definition) is 3. The zero-order valence-corrected chi connectivity index (χ0v) is 7.84. The van der Waals surface area contributed by atoms with E-state index in [9.17, 15) is 4.79 Å². The number of carbonyl (C=O) groups is 1. The molecule has 0 saturated carbocycles. The second-order valence-corrected chi connectivity index (χ2v) is 3.32. The minimum atomic E-state index is -0.0975. The first-order valence-corrected chi connectivity index (χ1v) is 4.34. The van der Waals surface area contributed by atoms with E-state index in [0.717, 1.165) is 19.3 Å². The molecule has 0 saturated heterocycles. The molecule has 2 atom stereocenters. The fraction of sp³-hybridized carbons (Fsp3) is 0.875. The molecule has 4 nitrogen and oxygen atoms in total. The van der Waals surface area contributed by atoms with Crippen molar-refractivity contribution in [3.05, 3.63) is 0 Å². The summed E-state index contributed by atoms with van der Waals surface area (Å²) in [6.45, 7) is 3.83. The highest BCUT2D eigenvalue weighted by atomic mass is 16.2. The predicted octanol–water partition coefficient (Wildman–Crippen LogP) is 0.130. The van der Waals surface area contributed by atoms with Crippen LogP contribution < -0.4 is 17.0 Å². The molecule has 0 rings (SSSR count). The van der Waals surface area contributed by atoms with Crippen molar-refractivity contribution in [1.82, 2.24) is 5.43 Å². The van der Waals surface area contributed by atoms with Gasteiger partial charge in [-0.2, -0.15) is 0 Å². The molecule has 2 unspecified atom stereocenters. The van der Waals surface area contributed by atoms with Crippen molar-refractivity contribution in [2.24, 2.45) is 17.5 Å². The number of hydrazine groups is 1. The van der Waals surface area contributed by atoms with Crippen LogP contribution in [0.25, 0.3) is 0 Å². The lowest BCUT2D eigenvalue weighted by atomic mass is 10.0. The van der Waals surface area contributed by atoms with Crippen molar-refractivity contribution in [3.63, 3.8) is 0 Å². The Morgan fingerprint density at radius 2 is 2.00 bits per heavy atom. The lowest BCUT2D eigenvalue weighted by Gasteiger charge is -2.09. The molecule has 5 N–H and O–H groups in total. The smallest absolute Gasteiger partial charge is 0.236 e. The molecule has 0 heterocycles. The van der Waals surface area contributed by atoms with Gasteiger partial charge in [-0.15, -0.1) is 0 Å². The molecule has 0 aliphatic carbocycles. The Bertz CT molecular complexity index is 136. The third kappa shape index (κ3) is 5.09. The van der Waals surface area contributed by atoms with Gasteiger partial charge in [-0.1, -0.05) is 13.3 Å². The molecule has 72 valence electrons. The summed E-state index contributed by atoms with van der Waals surface area (Å²) in [5, 5.41) is 0. The van der Waals surface area contributed by atoms with Crippen LogP contribution in [0.2, 0.25) is 0 Å². The molecule has 0 spiro atoms. The molecule has 0 radical (unpaired) electrons. The normalized spacial score (nSPS) is 15.3. The average molecular weight is 173 g/mol. The first kappa shape index (κ1) is 11.4. The van der Waals surface area contributed by atoms with Crippen LogP contribution >= 0.6 is 0 Å². The Hall–Kier alpha value is -0.610. The van der Waals surface area contributed by atoms with Gasteiger partial charge in [0.2, 0.25) is 5.91 Å². The van der Waals surface area contributed by atoms with Gasteiger partial charge in [-0.25, -0.2) is 5.84 Å².